The molecule has 8 aromatic carbocycles. The van der Waals surface area contributed by atoms with E-state index in [1.54, 1.807) is 0 Å². The van der Waals surface area contributed by atoms with Crippen molar-refractivity contribution in [2.24, 2.45) is 0 Å². The summed E-state index contributed by atoms with van der Waals surface area (Å²) < 4.78 is 8.65. The molecule has 262 valence electrons. The van der Waals surface area contributed by atoms with E-state index in [4.69, 9.17) is 19.4 Å². The van der Waals surface area contributed by atoms with Crippen LogP contribution in [0.1, 0.15) is 0 Å². The minimum absolute atomic E-state index is 0.563. The lowest BCUT2D eigenvalue weighted by molar-refractivity contribution is 0.669. The summed E-state index contributed by atoms with van der Waals surface area (Å²) in [5.74, 6) is 1.77. The van der Waals surface area contributed by atoms with E-state index in [0.717, 1.165) is 82.7 Å². The van der Waals surface area contributed by atoms with Crippen LogP contribution in [0.5, 0.6) is 0 Å². The van der Waals surface area contributed by atoms with Crippen LogP contribution in [-0.2, 0) is 0 Å². The molecule has 0 N–H and O–H groups in total. The Labute approximate surface area is 322 Å². The third kappa shape index (κ3) is 5.37. The molecule has 11 rings (SSSR count). The molecule has 3 heterocycles. The number of aromatic nitrogens is 4. The van der Waals surface area contributed by atoms with Crippen LogP contribution >= 0.6 is 0 Å². The van der Waals surface area contributed by atoms with Crippen LogP contribution in [0.25, 0.3) is 106 Å². The fraction of sp³-hybridized carbons (Fsp3) is 0. The number of furan rings is 1. The fourth-order valence-corrected chi connectivity index (χ4v) is 8.01. The standard InChI is InChI=1S/C51H32N4O/c1-4-15-33(16-5-1)37-27-28-45-43(30-37)40-23-10-12-25-44(40)55(45)51-53-49(35-19-8-3-9-20-35)52-50(54-51)38-22-14-21-36(29-38)39-31-42(34-17-6-2-7-18-34)48-41-24-11-13-26-46(41)56-47(48)32-39/h1-32H. The van der Waals surface area contributed by atoms with Crippen LogP contribution < -0.4 is 0 Å². The van der Waals surface area contributed by atoms with Gasteiger partial charge in [-0.3, -0.25) is 4.57 Å². The van der Waals surface area contributed by atoms with Crippen molar-refractivity contribution in [1.29, 1.82) is 0 Å². The molecule has 5 nitrogen and oxygen atoms in total. The van der Waals surface area contributed by atoms with Crippen LogP contribution in [0.3, 0.4) is 0 Å². The molecule has 0 bridgehead atoms. The van der Waals surface area contributed by atoms with E-state index >= 15 is 0 Å². The summed E-state index contributed by atoms with van der Waals surface area (Å²) in [4.78, 5) is 15.5. The highest BCUT2D eigenvalue weighted by Gasteiger charge is 2.20. The second-order valence-electron chi connectivity index (χ2n) is 14.0. The Morgan fingerprint density at radius 2 is 0.929 bits per heavy atom. The number of rotatable bonds is 6. The Kier molecular flexibility index (Phi) is 7.42. The molecule has 0 spiro atoms. The molecule has 0 saturated carbocycles. The van der Waals surface area contributed by atoms with Gasteiger partial charge in [0.25, 0.3) is 0 Å². The van der Waals surface area contributed by atoms with Crippen molar-refractivity contribution in [3.63, 3.8) is 0 Å². The zero-order valence-electron chi connectivity index (χ0n) is 30.2. The molecule has 0 aliphatic rings. The lowest BCUT2D eigenvalue weighted by atomic mass is 9.94. The predicted octanol–water partition coefficient (Wildman–Crippen LogP) is 13.2. The smallest absolute Gasteiger partial charge is 0.238 e. The number of hydrogen-bond acceptors (Lipinski definition) is 4. The summed E-state index contributed by atoms with van der Waals surface area (Å²) in [5.41, 5.74) is 12.3. The maximum absolute atomic E-state index is 6.48. The quantitative estimate of drug-likeness (QED) is 0.172. The Morgan fingerprint density at radius 1 is 0.339 bits per heavy atom. The number of benzene rings is 8. The number of nitrogens with zero attached hydrogens (tertiary/aromatic N) is 4. The Morgan fingerprint density at radius 3 is 1.71 bits per heavy atom. The first-order chi connectivity index (χ1) is 27.7. The summed E-state index contributed by atoms with van der Waals surface area (Å²) in [6.07, 6.45) is 0. The molecule has 3 aromatic heterocycles. The molecule has 56 heavy (non-hydrogen) atoms. The van der Waals surface area contributed by atoms with Gasteiger partial charge in [0, 0.05) is 32.7 Å². The average molecular weight is 717 g/mol. The molecule has 5 heteroatoms. The van der Waals surface area contributed by atoms with Gasteiger partial charge < -0.3 is 4.42 Å². The van der Waals surface area contributed by atoms with Gasteiger partial charge in [0.05, 0.1) is 11.0 Å². The normalized spacial score (nSPS) is 11.6. The van der Waals surface area contributed by atoms with Gasteiger partial charge in [0.1, 0.15) is 11.2 Å². The van der Waals surface area contributed by atoms with Crippen molar-refractivity contribution >= 4 is 43.7 Å². The molecule has 0 unspecified atom stereocenters. The number of hydrogen-bond donors (Lipinski definition) is 0. The van der Waals surface area contributed by atoms with Gasteiger partial charge in [-0.25, -0.2) is 4.98 Å². The van der Waals surface area contributed by atoms with E-state index in [0.29, 0.717) is 17.6 Å². The van der Waals surface area contributed by atoms with Gasteiger partial charge >= 0.3 is 0 Å². The van der Waals surface area contributed by atoms with E-state index in [9.17, 15) is 0 Å². The lowest BCUT2D eigenvalue weighted by Crippen LogP contribution is -2.06. The van der Waals surface area contributed by atoms with E-state index in [1.807, 2.05) is 48.5 Å². The lowest BCUT2D eigenvalue weighted by Gasteiger charge is -2.12. The van der Waals surface area contributed by atoms with Crippen molar-refractivity contribution < 1.29 is 4.42 Å². The highest BCUT2D eigenvalue weighted by Crippen LogP contribution is 2.41. The molecule has 0 aliphatic carbocycles. The van der Waals surface area contributed by atoms with Crippen LogP contribution in [-0.4, -0.2) is 19.5 Å². The molecule has 11 aromatic rings. The molecule has 0 atom stereocenters. The second-order valence-corrected chi connectivity index (χ2v) is 14.0. The van der Waals surface area contributed by atoms with Crippen molar-refractivity contribution in [2.45, 2.75) is 0 Å². The van der Waals surface area contributed by atoms with Crippen LogP contribution in [0.2, 0.25) is 0 Å². The van der Waals surface area contributed by atoms with Gasteiger partial charge in [0.15, 0.2) is 11.6 Å². The van der Waals surface area contributed by atoms with Gasteiger partial charge in [0.2, 0.25) is 5.95 Å². The Hall–Kier alpha value is -7.63. The molecule has 0 amide bonds. The molecule has 0 fully saturated rings. The van der Waals surface area contributed by atoms with Gasteiger partial charge in [-0.15, -0.1) is 0 Å². The number of fused-ring (bicyclic) bond motifs is 6. The summed E-state index contributed by atoms with van der Waals surface area (Å²) in [6, 6.07) is 67.4. The third-order valence-electron chi connectivity index (χ3n) is 10.7. The zero-order chi connectivity index (χ0) is 37.0. The summed E-state index contributed by atoms with van der Waals surface area (Å²) in [5, 5.41) is 4.50. The maximum Gasteiger partial charge on any atom is 0.238 e. The molecular weight excluding hydrogens is 685 g/mol. The van der Waals surface area contributed by atoms with Crippen molar-refractivity contribution in [2.75, 3.05) is 0 Å². The second kappa shape index (κ2) is 13.0. The van der Waals surface area contributed by atoms with Gasteiger partial charge in [-0.2, -0.15) is 9.97 Å². The SMILES string of the molecule is c1ccc(-c2ccc3c(c2)c2ccccc2n3-c2nc(-c3ccccc3)nc(-c3cccc(-c4cc(-c5ccccc5)c5c(c4)oc4ccccc45)c3)n2)cc1. The average Bonchev–Trinajstić information content (AvgIpc) is 3.82. The first kappa shape index (κ1) is 31.9. The minimum atomic E-state index is 0.563. The predicted molar refractivity (Wildman–Crippen MR) is 229 cm³/mol. The fourth-order valence-electron chi connectivity index (χ4n) is 8.01. The maximum atomic E-state index is 6.48. The van der Waals surface area contributed by atoms with Gasteiger partial charge in [-0.05, 0) is 75.8 Å². The van der Waals surface area contributed by atoms with Crippen LogP contribution in [0.15, 0.2) is 199 Å². The minimum Gasteiger partial charge on any atom is -0.456 e. The van der Waals surface area contributed by atoms with E-state index < -0.39 is 0 Å². The first-order valence-electron chi connectivity index (χ1n) is 18.8. The van der Waals surface area contributed by atoms with Crippen molar-refractivity contribution in [3.8, 4) is 62.1 Å². The van der Waals surface area contributed by atoms with Gasteiger partial charge in [-0.1, -0.05) is 152 Å². The van der Waals surface area contributed by atoms with Crippen LogP contribution in [0, 0.1) is 0 Å². The Balaban J connectivity index is 1.10. The Bertz CT molecular complexity index is 3240. The van der Waals surface area contributed by atoms with Crippen molar-refractivity contribution in [1.82, 2.24) is 19.5 Å². The van der Waals surface area contributed by atoms with Crippen LogP contribution in [0.4, 0.5) is 0 Å². The molecular formula is C51H32N4O. The summed E-state index contributed by atoms with van der Waals surface area (Å²) in [7, 11) is 0. The molecule has 0 aliphatic heterocycles. The zero-order valence-corrected chi connectivity index (χ0v) is 30.2. The first-order valence-corrected chi connectivity index (χ1v) is 18.8. The van der Waals surface area contributed by atoms with E-state index in [2.05, 4.69) is 150 Å². The summed E-state index contributed by atoms with van der Waals surface area (Å²) >= 11 is 0. The topological polar surface area (TPSA) is 56.7 Å². The van der Waals surface area contributed by atoms with E-state index in [1.165, 1.54) is 5.56 Å². The van der Waals surface area contributed by atoms with Crippen molar-refractivity contribution in [3.05, 3.63) is 194 Å². The number of para-hydroxylation sites is 2. The monoisotopic (exact) mass is 716 g/mol. The highest BCUT2D eigenvalue weighted by atomic mass is 16.3. The largest absolute Gasteiger partial charge is 0.456 e. The molecule has 0 saturated heterocycles. The molecule has 0 radical (unpaired) electrons. The summed E-state index contributed by atoms with van der Waals surface area (Å²) in [6.45, 7) is 0. The highest BCUT2D eigenvalue weighted by molar-refractivity contribution is 6.14. The van der Waals surface area contributed by atoms with E-state index in [-0.39, 0.29) is 0 Å². The third-order valence-corrected chi connectivity index (χ3v) is 10.7.